The predicted molar refractivity (Wildman–Crippen MR) is 76.4 cm³/mol. The maximum Gasteiger partial charge on any atom is 0.00507 e. The summed E-state index contributed by atoms with van der Waals surface area (Å²) in [6.45, 7) is 14.2. The Kier molecular flexibility index (Phi) is 6.50. The van der Waals surface area contributed by atoms with Crippen LogP contribution in [0.25, 0.3) is 0 Å². The standard InChI is InChI=1S/C15H32N2/c1-5-15(6-2)9-12-17(13-10-15)11-8-14(4)16-7-3/h14,16H,5-13H2,1-4H3. The summed E-state index contributed by atoms with van der Waals surface area (Å²) in [7, 11) is 0. The molecule has 1 fully saturated rings. The summed E-state index contributed by atoms with van der Waals surface area (Å²) in [6.07, 6.45) is 6.85. The van der Waals surface area contributed by atoms with Gasteiger partial charge in [-0.3, -0.25) is 0 Å². The third-order valence-electron chi connectivity index (χ3n) is 4.85. The lowest BCUT2D eigenvalue weighted by Crippen LogP contribution is -2.41. The van der Waals surface area contributed by atoms with Crippen molar-refractivity contribution in [3.8, 4) is 0 Å². The molecular weight excluding hydrogens is 208 g/mol. The first kappa shape index (κ1) is 15.0. The summed E-state index contributed by atoms with van der Waals surface area (Å²) in [5, 5.41) is 3.50. The average molecular weight is 240 g/mol. The highest BCUT2D eigenvalue weighted by atomic mass is 15.1. The molecule has 1 atom stereocenters. The molecule has 1 unspecified atom stereocenters. The molecule has 0 bridgehead atoms. The zero-order valence-electron chi connectivity index (χ0n) is 12.4. The molecule has 102 valence electrons. The minimum absolute atomic E-state index is 0.670. The van der Waals surface area contributed by atoms with Crippen molar-refractivity contribution in [2.75, 3.05) is 26.2 Å². The number of nitrogens with zero attached hydrogens (tertiary/aromatic N) is 1. The van der Waals surface area contributed by atoms with Crippen LogP contribution in [0.1, 0.15) is 59.8 Å². The Bertz CT molecular complexity index is 189. The minimum atomic E-state index is 0.670. The molecule has 0 amide bonds. The summed E-state index contributed by atoms with van der Waals surface area (Å²) in [6, 6.07) is 0.670. The largest absolute Gasteiger partial charge is 0.314 e. The average Bonchev–Trinajstić information content (AvgIpc) is 2.37. The summed E-state index contributed by atoms with van der Waals surface area (Å²) in [5.74, 6) is 0. The van der Waals surface area contributed by atoms with Gasteiger partial charge in [0.15, 0.2) is 0 Å². The Morgan fingerprint density at radius 1 is 1.12 bits per heavy atom. The van der Waals surface area contributed by atoms with E-state index in [1.807, 2.05) is 0 Å². The molecule has 17 heavy (non-hydrogen) atoms. The van der Waals surface area contributed by atoms with Gasteiger partial charge >= 0.3 is 0 Å². The molecule has 1 rings (SSSR count). The van der Waals surface area contributed by atoms with Crippen molar-refractivity contribution >= 4 is 0 Å². The van der Waals surface area contributed by atoms with E-state index in [-0.39, 0.29) is 0 Å². The van der Waals surface area contributed by atoms with Gasteiger partial charge in [0.2, 0.25) is 0 Å². The number of likely N-dealkylation sites (tertiary alicyclic amines) is 1. The minimum Gasteiger partial charge on any atom is -0.314 e. The number of rotatable bonds is 7. The zero-order chi connectivity index (χ0) is 12.7. The fourth-order valence-corrected chi connectivity index (χ4v) is 3.03. The van der Waals surface area contributed by atoms with Crippen molar-refractivity contribution in [2.45, 2.75) is 65.8 Å². The lowest BCUT2D eigenvalue weighted by Gasteiger charge is -2.41. The first-order chi connectivity index (χ1) is 8.15. The van der Waals surface area contributed by atoms with E-state index in [1.54, 1.807) is 0 Å². The van der Waals surface area contributed by atoms with E-state index < -0.39 is 0 Å². The van der Waals surface area contributed by atoms with Gasteiger partial charge in [0, 0.05) is 6.04 Å². The quantitative estimate of drug-likeness (QED) is 0.735. The van der Waals surface area contributed by atoms with Crippen LogP contribution in [0.2, 0.25) is 0 Å². The van der Waals surface area contributed by atoms with Gasteiger partial charge in [0.05, 0.1) is 0 Å². The summed E-state index contributed by atoms with van der Waals surface area (Å²) >= 11 is 0. The lowest BCUT2D eigenvalue weighted by atomic mass is 9.74. The van der Waals surface area contributed by atoms with Crippen LogP contribution in [0.15, 0.2) is 0 Å². The molecule has 0 spiro atoms. The van der Waals surface area contributed by atoms with Gasteiger partial charge in [0.25, 0.3) is 0 Å². The van der Waals surface area contributed by atoms with Crippen LogP contribution in [0, 0.1) is 5.41 Å². The Labute approximate surface area is 108 Å². The molecule has 0 aromatic carbocycles. The fourth-order valence-electron chi connectivity index (χ4n) is 3.03. The molecule has 0 aromatic rings. The van der Waals surface area contributed by atoms with E-state index in [0.717, 1.165) is 6.54 Å². The van der Waals surface area contributed by atoms with Crippen molar-refractivity contribution in [3.05, 3.63) is 0 Å². The molecule has 2 nitrogen and oxygen atoms in total. The van der Waals surface area contributed by atoms with E-state index in [1.165, 1.54) is 51.7 Å². The summed E-state index contributed by atoms with van der Waals surface area (Å²) in [4.78, 5) is 2.66. The fraction of sp³-hybridized carbons (Fsp3) is 1.00. The smallest absolute Gasteiger partial charge is 0.00507 e. The molecule has 0 aliphatic carbocycles. The predicted octanol–water partition coefficient (Wildman–Crippen LogP) is 3.28. The van der Waals surface area contributed by atoms with E-state index in [0.29, 0.717) is 11.5 Å². The maximum atomic E-state index is 3.50. The number of nitrogens with one attached hydrogen (secondary N) is 1. The highest BCUT2D eigenvalue weighted by Gasteiger charge is 2.30. The molecule has 0 saturated carbocycles. The van der Waals surface area contributed by atoms with Crippen molar-refractivity contribution < 1.29 is 0 Å². The molecule has 1 aliphatic rings. The molecule has 1 aliphatic heterocycles. The van der Waals surface area contributed by atoms with Gasteiger partial charge < -0.3 is 10.2 Å². The highest BCUT2D eigenvalue weighted by Crippen LogP contribution is 2.37. The third-order valence-corrected chi connectivity index (χ3v) is 4.85. The van der Waals surface area contributed by atoms with Crippen LogP contribution in [-0.2, 0) is 0 Å². The van der Waals surface area contributed by atoms with Crippen molar-refractivity contribution in [3.63, 3.8) is 0 Å². The molecule has 0 radical (unpaired) electrons. The van der Waals surface area contributed by atoms with Gasteiger partial charge in [0.1, 0.15) is 0 Å². The SMILES string of the molecule is CCNC(C)CCN1CCC(CC)(CC)CC1. The second kappa shape index (κ2) is 7.38. The summed E-state index contributed by atoms with van der Waals surface area (Å²) in [5.41, 5.74) is 0.670. The molecule has 2 heteroatoms. The second-order valence-electron chi connectivity index (χ2n) is 5.80. The normalized spacial score (nSPS) is 22.6. The van der Waals surface area contributed by atoms with Crippen LogP contribution < -0.4 is 5.32 Å². The van der Waals surface area contributed by atoms with Gasteiger partial charge in [-0.2, -0.15) is 0 Å². The van der Waals surface area contributed by atoms with Crippen molar-refractivity contribution in [1.82, 2.24) is 10.2 Å². The van der Waals surface area contributed by atoms with Crippen LogP contribution in [0.3, 0.4) is 0 Å². The Morgan fingerprint density at radius 3 is 2.18 bits per heavy atom. The highest BCUT2D eigenvalue weighted by molar-refractivity contribution is 4.84. The van der Waals surface area contributed by atoms with E-state index in [9.17, 15) is 0 Å². The zero-order valence-corrected chi connectivity index (χ0v) is 12.4. The first-order valence-electron chi connectivity index (χ1n) is 7.61. The summed E-state index contributed by atoms with van der Waals surface area (Å²) < 4.78 is 0. The molecular formula is C15H32N2. The third kappa shape index (κ3) is 4.59. The van der Waals surface area contributed by atoms with Crippen LogP contribution in [0.5, 0.6) is 0 Å². The first-order valence-corrected chi connectivity index (χ1v) is 7.61. The van der Waals surface area contributed by atoms with Gasteiger partial charge in [-0.1, -0.05) is 33.6 Å². The Morgan fingerprint density at radius 2 is 1.71 bits per heavy atom. The van der Waals surface area contributed by atoms with Gasteiger partial charge in [-0.15, -0.1) is 0 Å². The molecule has 1 N–H and O–H groups in total. The Balaban J connectivity index is 2.23. The van der Waals surface area contributed by atoms with Gasteiger partial charge in [-0.05, 0) is 57.8 Å². The van der Waals surface area contributed by atoms with Gasteiger partial charge in [-0.25, -0.2) is 0 Å². The van der Waals surface area contributed by atoms with Crippen LogP contribution in [-0.4, -0.2) is 37.1 Å². The van der Waals surface area contributed by atoms with E-state index in [2.05, 4.69) is 37.9 Å². The molecule has 1 heterocycles. The molecule has 0 aromatic heterocycles. The number of piperidine rings is 1. The monoisotopic (exact) mass is 240 g/mol. The van der Waals surface area contributed by atoms with Crippen LogP contribution in [0.4, 0.5) is 0 Å². The lowest BCUT2D eigenvalue weighted by molar-refractivity contribution is 0.0930. The molecule has 1 saturated heterocycles. The topological polar surface area (TPSA) is 15.3 Å². The maximum absolute atomic E-state index is 3.50. The van der Waals surface area contributed by atoms with E-state index >= 15 is 0 Å². The van der Waals surface area contributed by atoms with E-state index in [4.69, 9.17) is 0 Å². The van der Waals surface area contributed by atoms with Crippen LogP contribution >= 0.6 is 0 Å². The number of hydrogen-bond acceptors (Lipinski definition) is 2. The number of hydrogen-bond donors (Lipinski definition) is 1. The second-order valence-corrected chi connectivity index (χ2v) is 5.80. The van der Waals surface area contributed by atoms with Crippen molar-refractivity contribution in [1.29, 1.82) is 0 Å². The van der Waals surface area contributed by atoms with Crippen molar-refractivity contribution in [2.24, 2.45) is 5.41 Å². The Hall–Kier alpha value is -0.0800.